The monoisotopic (exact) mass is 297 g/mol. The minimum absolute atomic E-state index is 0.0672. The van der Waals surface area contributed by atoms with Gasteiger partial charge in [0.2, 0.25) is 0 Å². The highest BCUT2D eigenvalue weighted by atomic mass is 16.5. The van der Waals surface area contributed by atoms with Crippen molar-refractivity contribution in [1.29, 1.82) is 0 Å². The van der Waals surface area contributed by atoms with Crippen LogP contribution >= 0.6 is 0 Å². The van der Waals surface area contributed by atoms with Crippen molar-refractivity contribution in [2.24, 2.45) is 0 Å². The molecule has 1 atom stereocenters. The number of nitrogens with zero attached hydrogens (tertiary/aromatic N) is 1. The van der Waals surface area contributed by atoms with Crippen LogP contribution in [-0.4, -0.2) is 30.1 Å². The predicted octanol–water partition coefficient (Wildman–Crippen LogP) is 3.76. The maximum Gasteiger partial charge on any atom is 0.323 e. The Morgan fingerprint density at radius 1 is 1.18 bits per heavy atom. The first-order valence-electron chi connectivity index (χ1n) is 8.17. The quantitative estimate of drug-likeness (QED) is 0.805. The molecular weight excluding hydrogens is 274 g/mol. The summed E-state index contributed by atoms with van der Waals surface area (Å²) < 4.78 is 5.26. The number of hydrogen-bond acceptors (Lipinski definition) is 3. The number of rotatable bonds is 4. The number of benzene rings is 2. The number of esters is 1. The van der Waals surface area contributed by atoms with Crippen LogP contribution in [0, 0.1) is 0 Å². The molecule has 0 aliphatic carbocycles. The van der Waals surface area contributed by atoms with Gasteiger partial charge in [-0.2, -0.15) is 0 Å². The van der Waals surface area contributed by atoms with E-state index in [1.165, 1.54) is 16.3 Å². The topological polar surface area (TPSA) is 29.5 Å². The van der Waals surface area contributed by atoms with E-state index in [9.17, 15) is 4.79 Å². The number of fused-ring (bicyclic) bond motifs is 1. The van der Waals surface area contributed by atoms with Crippen LogP contribution in [0.3, 0.4) is 0 Å². The van der Waals surface area contributed by atoms with Gasteiger partial charge < -0.3 is 4.74 Å². The molecule has 0 saturated carbocycles. The first-order valence-corrected chi connectivity index (χ1v) is 8.17. The second kappa shape index (κ2) is 6.93. The molecule has 3 heteroatoms. The molecule has 0 aromatic heterocycles. The number of hydrogen-bond donors (Lipinski definition) is 0. The lowest BCUT2D eigenvalue weighted by Gasteiger charge is -2.34. The molecule has 0 unspecified atom stereocenters. The number of carbonyl (C=O) groups is 1. The van der Waals surface area contributed by atoms with E-state index >= 15 is 0 Å². The van der Waals surface area contributed by atoms with Gasteiger partial charge in [0, 0.05) is 6.54 Å². The van der Waals surface area contributed by atoms with Crippen LogP contribution in [0.15, 0.2) is 42.5 Å². The fraction of sp³-hybridized carbons (Fsp3) is 0.421. The summed E-state index contributed by atoms with van der Waals surface area (Å²) in [6.45, 7) is 4.10. The van der Waals surface area contributed by atoms with Gasteiger partial charge in [-0.1, -0.05) is 48.9 Å². The first-order chi connectivity index (χ1) is 10.8. The Balaban J connectivity index is 1.84. The molecule has 2 aromatic carbocycles. The van der Waals surface area contributed by atoms with E-state index in [-0.39, 0.29) is 12.0 Å². The van der Waals surface area contributed by atoms with Gasteiger partial charge in [-0.05, 0) is 42.6 Å². The summed E-state index contributed by atoms with van der Waals surface area (Å²) >= 11 is 0. The van der Waals surface area contributed by atoms with Crippen LogP contribution < -0.4 is 0 Å². The predicted molar refractivity (Wildman–Crippen MR) is 88.6 cm³/mol. The van der Waals surface area contributed by atoms with Crippen molar-refractivity contribution in [2.75, 3.05) is 13.2 Å². The molecule has 1 saturated heterocycles. The molecule has 1 aliphatic rings. The minimum atomic E-state index is -0.0901. The highest BCUT2D eigenvalue weighted by Gasteiger charge is 2.29. The Morgan fingerprint density at radius 2 is 2.00 bits per heavy atom. The third kappa shape index (κ3) is 3.14. The normalized spacial score (nSPS) is 19.2. The zero-order valence-corrected chi connectivity index (χ0v) is 13.1. The third-order valence-electron chi connectivity index (χ3n) is 4.43. The average Bonchev–Trinajstić information content (AvgIpc) is 2.56. The van der Waals surface area contributed by atoms with Gasteiger partial charge >= 0.3 is 5.97 Å². The highest BCUT2D eigenvalue weighted by molar-refractivity contribution is 5.85. The Hall–Kier alpha value is -1.87. The fourth-order valence-corrected chi connectivity index (χ4v) is 3.33. The molecule has 0 amide bonds. The maximum absolute atomic E-state index is 12.2. The lowest BCUT2D eigenvalue weighted by Crippen LogP contribution is -2.44. The smallest absolute Gasteiger partial charge is 0.323 e. The third-order valence-corrected chi connectivity index (χ3v) is 4.43. The number of likely N-dealkylation sites (tertiary alicyclic amines) is 1. The molecule has 1 heterocycles. The summed E-state index contributed by atoms with van der Waals surface area (Å²) in [5.74, 6) is -0.0672. The SMILES string of the molecule is CCOC(=O)[C@@H]1CCCCN1Cc1cccc2ccccc12. The Morgan fingerprint density at radius 3 is 2.86 bits per heavy atom. The van der Waals surface area contributed by atoms with Gasteiger partial charge in [-0.25, -0.2) is 0 Å². The Kier molecular flexibility index (Phi) is 4.74. The van der Waals surface area contributed by atoms with Crippen LogP contribution in [0.5, 0.6) is 0 Å². The minimum Gasteiger partial charge on any atom is -0.465 e. The zero-order chi connectivity index (χ0) is 15.4. The van der Waals surface area contributed by atoms with E-state index < -0.39 is 0 Å². The second-order valence-corrected chi connectivity index (χ2v) is 5.87. The molecule has 0 N–H and O–H groups in total. The van der Waals surface area contributed by atoms with Crippen molar-refractivity contribution in [2.45, 2.75) is 38.8 Å². The fourth-order valence-electron chi connectivity index (χ4n) is 3.33. The van der Waals surface area contributed by atoms with Gasteiger partial charge in [-0.3, -0.25) is 9.69 Å². The lowest BCUT2D eigenvalue weighted by atomic mass is 9.99. The van der Waals surface area contributed by atoms with Crippen LogP contribution in [0.4, 0.5) is 0 Å². The van der Waals surface area contributed by atoms with Crippen LogP contribution in [0.1, 0.15) is 31.7 Å². The molecule has 0 spiro atoms. The van der Waals surface area contributed by atoms with Crippen molar-refractivity contribution < 1.29 is 9.53 Å². The molecule has 3 rings (SSSR count). The van der Waals surface area contributed by atoms with Crippen molar-refractivity contribution in [1.82, 2.24) is 4.90 Å². The number of piperidine rings is 1. The lowest BCUT2D eigenvalue weighted by molar-refractivity contribution is -0.151. The second-order valence-electron chi connectivity index (χ2n) is 5.87. The van der Waals surface area contributed by atoms with Gasteiger partial charge in [0.15, 0.2) is 0 Å². The summed E-state index contributed by atoms with van der Waals surface area (Å²) in [6.07, 6.45) is 3.17. The van der Waals surface area contributed by atoms with Crippen LogP contribution in [0.2, 0.25) is 0 Å². The summed E-state index contributed by atoms with van der Waals surface area (Å²) in [6, 6.07) is 14.7. The zero-order valence-electron chi connectivity index (χ0n) is 13.1. The maximum atomic E-state index is 12.2. The molecule has 22 heavy (non-hydrogen) atoms. The van der Waals surface area contributed by atoms with E-state index in [1.54, 1.807) is 0 Å². The van der Waals surface area contributed by atoms with Gasteiger partial charge in [0.1, 0.15) is 6.04 Å². The summed E-state index contributed by atoms with van der Waals surface area (Å²) in [7, 11) is 0. The van der Waals surface area contributed by atoms with Crippen molar-refractivity contribution >= 4 is 16.7 Å². The molecule has 3 nitrogen and oxygen atoms in total. The first kappa shape index (κ1) is 15.0. The Labute approximate surface area is 131 Å². The molecule has 0 bridgehead atoms. The Bertz CT molecular complexity index is 647. The van der Waals surface area contributed by atoms with Crippen LogP contribution in [0.25, 0.3) is 10.8 Å². The largest absolute Gasteiger partial charge is 0.465 e. The standard InChI is InChI=1S/C19H23NO2/c1-2-22-19(21)18-12-5-6-13-20(18)14-16-10-7-9-15-8-3-4-11-17(15)16/h3-4,7-11,18H,2,5-6,12-14H2,1H3/t18-/m0/s1. The van der Waals surface area contributed by atoms with Gasteiger partial charge in [-0.15, -0.1) is 0 Å². The van der Waals surface area contributed by atoms with Crippen LogP contribution in [-0.2, 0) is 16.1 Å². The molecule has 1 aliphatic heterocycles. The average molecular weight is 297 g/mol. The van der Waals surface area contributed by atoms with Crippen molar-refractivity contribution in [3.63, 3.8) is 0 Å². The van der Waals surface area contributed by atoms with Gasteiger partial charge in [0.05, 0.1) is 6.61 Å². The van der Waals surface area contributed by atoms with Gasteiger partial charge in [0.25, 0.3) is 0 Å². The van der Waals surface area contributed by atoms with E-state index in [1.807, 2.05) is 6.92 Å². The van der Waals surface area contributed by atoms with E-state index in [0.717, 1.165) is 32.4 Å². The van der Waals surface area contributed by atoms with E-state index in [4.69, 9.17) is 4.74 Å². The molecule has 0 radical (unpaired) electrons. The number of carbonyl (C=O) groups excluding carboxylic acids is 1. The number of ether oxygens (including phenoxy) is 1. The van der Waals surface area contributed by atoms with E-state index in [2.05, 4.69) is 47.4 Å². The molecular formula is C19H23NO2. The highest BCUT2D eigenvalue weighted by Crippen LogP contribution is 2.24. The van der Waals surface area contributed by atoms with E-state index in [0.29, 0.717) is 6.61 Å². The molecule has 1 fully saturated rings. The summed E-state index contributed by atoms with van der Waals surface area (Å²) in [5.41, 5.74) is 1.29. The molecule has 116 valence electrons. The summed E-state index contributed by atoms with van der Waals surface area (Å²) in [4.78, 5) is 14.5. The van der Waals surface area contributed by atoms with Crippen molar-refractivity contribution in [3.8, 4) is 0 Å². The summed E-state index contributed by atoms with van der Waals surface area (Å²) in [5, 5.41) is 2.53. The van der Waals surface area contributed by atoms with Crippen molar-refractivity contribution in [3.05, 3.63) is 48.0 Å². The molecule has 2 aromatic rings.